The van der Waals surface area contributed by atoms with Crippen molar-refractivity contribution < 1.29 is 19.1 Å². The van der Waals surface area contributed by atoms with Crippen LogP contribution >= 0.6 is 0 Å². The summed E-state index contributed by atoms with van der Waals surface area (Å²) >= 11 is 0. The Kier molecular flexibility index (Phi) is 5.62. The van der Waals surface area contributed by atoms with E-state index in [1.54, 1.807) is 6.92 Å². The molecule has 1 aromatic heterocycles. The highest BCUT2D eigenvalue weighted by Gasteiger charge is 2.34. The topological polar surface area (TPSA) is 111 Å². The van der Waals surface area contributed by atoms with Crippen LogP contribution in [0.15, 0.2) is 18.3 Å². The van der Waals surface area contributed by atoms with E-state index >= 15 is 0 Å². The molecule has 0 spiro atoms. The van der Waals surface area contributed by atoms with Gasteiger partial charge in [0, 0.05) is 6.20 Å². The molecule has 0 saturated carbocycles. The van der Waals surface area contributed by atoms with E-state index in [2.05, 4.69) is 15.0 Å². The van der Waals surface area contributed by atoms with Crippen LogP contribution < -0.4 is 11.1 Å². The minimum absolute atomic E-state index is 0.0869. The third-order valence-electron chi connectivity index (χ3n) is 3.17. The molecule has 2 amide bonds. The number of esters is 1. The van der Waals surface area contributed by atoms with E-state index in [9.17, 15) is 14.4 Å². The van der Waals surface area contributed by atoms with Gasteiger partial charge in [-0.25, -0.2) is 4.79 Å². The lowest BCUT2D eigenvalue weighted by molar-refractivity contribution is -0.124. The minimum Gasteiger partial charge on any atom is -0.465 e. The van der Waals surface area contributed by atoms with Crippen LogP contribution in [0.1, 0.15) is 48.0 Å². The molecule has 0 fully saturated rings. The Morgan fingerprint density at radius 2 is 2.00 bits per heavy atom. The quantitative estimate of drug-likeness (QED) is 0.758. The molecule has 120 valence electrons. The van der Waals surface area contributed by atoms with Crippen LogP contribution in [-0.2, 0) is 9.53 Å². The molecule has 7 heteroatoms. The van der Waals surface area contributed by atoms with Crippen molar-refractivity contribution in [3.05, 3.63) is 29.6 Å². The van der Waals surface area contributed by atoms with E-state index in [0.29, 0.717) is 6.42 Å². The Balaban J connectivity index is 2.91. The van der Waals surface area contributed by atoms with Crippen LogP contribution in [0.3, 0.4) is 0 Å². The van der Waals surface area contributed by atoms with Gasteiger partial charge in [-0.3, -0.25) is 14.6 Å². The molecule has 0 aliphatic carbocycles. The number of amides is 2. The number of methoxy groups -OCH3 is 1. The molecule has 1 heterocycles. The van der Waals surface area contributed by atoms with Gasteiger partial charge in [-0.2, -0.15) is 0 Å². The average molecular weight is 307 g/mol. The summed E-state index contributed by atoms with van der Waals surface area (Å²) < 4.78 is 4.55. The number of hydrogen-bond donors (Lipinski definition) is 2. The summed E-state index contributed by atoms with van der Waals surface area (Å²) in [6.45, 7) is 5.43. The van der Waals surface area contributed by atoms with E-state index in [4.69, 9.17) is 5.73 Å². The third-order valence-corrected chi connectivity index (χ3v) is 3.17. The van der Waals surface area contributed by atoms with Crippen LogP contribution in [0.5, 0.6) is 0 Å². The zero-order valence-corrected chi connectivity index (χ0v) is 13.2. The fourth-order valence-corrected chi connectivity index (χ4v) is 2.11. The largest absolute Gasteiger partial charge is 0.465 e. The van der Waals surface area contributed by atoms with Gasteiger partial charge in [-0.1, -0.05) is 13.8 Å². The molecule has 0 saturated heterocycles. The number of rotatable bonds is 6. The molecule has 0 aliphatic heterocycles. The third kappa shape index (κ3) is 4.28. The van der Waals surface area contributed by atoms with Gasteiger partial charge >= 0.3 is 5.97 Å². The molecule has 22 heavy (non-hydrogen) atoms. The number of pyridine rings is 1. The summed E-state index contributed by atoms with van der Waals surface area (Å²) in [6.07, 6.45) is 1.65. The summed E-state index contributed by atoms with van der Waals surface area (Å²) in [5, 5.41) is 2.61. The van der Waals surface area contributed by atoms with Gasteiger partial charge in [0.05, 0.1) is 12.7 Å². The smallest absolute Gasteiger partial charge is 0.339 e. The lowest BCUT2D eigenvalue weighted by Gasteiger charge is -2.29. The summed E-state index contributed by atoms with van der Waals surface area (Å²) in [7, 11) is 1.26. The van der Waals surface area contributed by atoms with Crippen molar-refractivity contribution >= 4 is 17.8 Å². The second-order valence-corrected chi connectivity index (χ2v) is 5.67. The first kappa shape index (κ1) is 17.6. The Morgan fingerprint density at radius 1 is 1.36 bits per heavy atom. The second kappa shape index (κ2) is 7.02. The molecular formula is C15H21N3O4. The van der Waals surface area contributed by atoms with E-state index in [0.717, 1.165) is 0 Å². The molecule has 0 unspecified atom stereocenters. The summed E-state index contributed by atoms with van der Waals surface area (Å²) in [6, 6.07) is 2.82. The normalized spacial score (nSPS) is 13.3. The van der Waals surface area contributed by atoms with Crippen molar-refractivity contribution in [2.24, 2.45) is 11.7 Å². The zero-order valence-electron chi connectivity index (χ0n) is 13.2. The van der Waals surface area contributed by atoms with Crippen LogP contribution in [0, 0.1) is 5.92 Å². The van der Waals surface area contributed by atoms with Crippen LogP contribution in [0.25, 0.3) is 0 Å². The van der Waals surface area contributed by atoms with Crippen molar-refractivity contribution in [2.75, 3.05) is 7.11 Å². The second-order valence-electron chi connectivity index (χ2n) is 5.67. The standard InChI is InChI=1S/C15H21N3O4/c1-9(2)7-15(3,14(16)21)18-12(19)11-6-5-10(8-17-11)13(20)22-4/h5-6,8-9H,7H2,1-4H3,(H2,16,21)(H,18,19)/t15-/m0/s1. The van der Waals surface area contributed by atoms with Gasteiger partial charge < -0.3 is 15.8 Å². The van der Waals surface area contributed by atoms with Gasteiger partial charge in [0.2, 0.25) is 5.91 Å². The van der Waals surface area contributed by atoms with Crippen LogP contribution in [-0.4, -0.2) is 35.4 Å². The Labute approximate surface area is 129 Å². The van der Waals surface area contributed by atoms with Crippen LogP contribution in [0.2, 0.25) is 0 Å². The SMILES string of the molecule is COC(=O)c1ccc(C(=O)N[C@@](C)(CC(C)C)C(N)=O)nc1. The fraction of sp³-hybridized carbons (Fsp3) is 0.467. The number of hydrogen-bond acceptors (Lipinski definition) is 5. The predicted molar refractivity (Wildman–Crippen MR) is 80.1 cm³/mol. The minimum atomic E-state index is -1.16. The Hall–Kier alpha value is -2.44. The highest BCUT2D eigenvalue weighted by atomic mass is 16.5. The van der Waals surface area contributed by atoms with Crippen molar-refractivity contribution in [2.45, 2.75) is 32.7 Å². The molecule has 0 aromatic carbocycles. The molecule has 0 bridgehead atoms. The van der Waals surface area contributed by atoms with Crippen molar-refractivity contribution in [1.29, 1.82) is 0 Å². The number of primary amides is 1. The fourth-order valence-electron chi connectivity index (χ4n) is 2.11. The summed E-state index contributed by atoms with van der Waals surface area (Å²) in [5.41, 5.74) is 4.56. The summed E-state index contributed by atoms with van der Waals surface area (Å²) in [4.78, 5) is 39.0. The number of carbonyl (C=O) groups excluding carboxylic acids is 3. The van der Waals surface area contributed by atoms with Gasteiger partial charge in [0.25, 0.3) is 5.91 Å². The van der Waals surface area contributed by atoms with Crippen molar-refractivity contribution in [1.82, 2.24) is 10.3 Å². The highest BCUT2D eigenvalue weighted by molar-refractivity contribution is 5.98. The molecule has 1 atom stereocenters. The number of ether oxygens (including phenoxy) is 1. The van der Waals surface area contributed by atoms with Gasteiger partial charge in [0.1, 0.15) is 11.2 Å². The Bertz CT molecular complexity index is 569. The highest BCUT2D eigenvalue weighted by Crippen LogP contribution is 2.17. The molecule has 1 aromatic rings. The van der Waals surface area contributed by atoms with E-state index in [1.807, 2.05) is 13.8 Å². The van der Waals surface area contributed by atoms with Crippen molar-refractivity contribution in [3.8, 4) is 0 Å². The maximum atomic E-state index is 12.2. The number of nitrogens with two attached hydrogens (primary N) is 1. The monoisotopic (exact) mass is 307 g/mol. The Morgan fingerprint density at radius 3 is 2.41 bits per heavy atom. The first-order valence-electron chi connectivity index (χ1n) is 6.86. The van der Waals surface area contributed by atoms with Gasteiger partial charge in [0.15, 0.2) is 0 Å². The number of carbonyl (C=O) groups is 3. The molecular weight excluding hydrogens is 286 g/mol. The maximum Gasteiger partial charge on any atom is 0.339 e. The average Bonchev–Trinajstić information content (AvgIpc) is 2.45. The molecule has 0 radical (unpaired) electrons. The van der Waals surface area contributed by atoms with Crippen LogP contribution in [0.4, 0.5) is 0 Å². The lowest BCUT2D eigenvalue weighted by atomic mass is 9.90. The number of nitrogens with one attached hydrogen (secondary N) is 1. The number of aromatic nitrogens is 1. The lowest BCUT2D eigenvalue weighted by Crippen LogP contribution is -2.56. The van der Waals surface area contributed by atoms with E-state index < -0.39 is 23.3 Å². The molecule has 3 N–H and O–H groups in total. The number of nitrogens with zero attached hydrogens (tertiary/aromatic N) is 1. The predicted octanol–water partition coefficient (Wildman–Crippen LogP) is 0.888. The van der Waals surface area contributed by atoms with Gasteiger partial charge in [-0.05, 0) is 31.4 Å². The molecule has 1 rings (SSSR count). The molecule has 7 nitrogen and oxygen atoms in total. The summed E-state index contributed by atoms with van der Waals surface area (Å²) in [5.74, 6) is -1.51. The first-order valence-corrected chi connectivity index (χ1v) is 6.86. The van der Waals surface area contributed by atoms with E-state index in [-0.39, 0.29) is 17.2 Å². The van der Waals surface area contributed by atoms with Crippen molar-refractivity contribution in [3.63, 3.8) is 0 Å². The van der Waals surface area contributed by atoms with Gasteiger partial charge in [-0.15, -0.1) is 0 Å². The zero-order chi connectivity index (χ0) is 16.9. The van der Waals surface area contributed by atoms with E-state index in [1.165, 1.54) is 25.4 Å². The molecule has 0 aliphatic rings. The maximum absolute atomic E-state index is 12.2. The first-order chi connectivity index (χ1) is 10.2.